The molecule has 0 aliphatic carbocycles. The SMILES string of the molecule is O=C(O)C1(CCCc2c(F)cnc3ccccc23)CCN(CC(S)c2cccs2)CC1. The molecule has 1 fully saturated rings. The van der Waals surface area contributed by atoms with Crippen molar-refractivity contribution in [2.45, 2.75) is 37.4 Å². The van der Waals surface area contributed by atoms with Crippen molar-refractivity contribution in [1.29, 1.82) is 0 Å². The second-order valence-corrected chi connectivity index (χ2v) is 9.98. The molecule has 3 aromatic rings. The zero-order chi connectivity index (χ0) is 21.8. The second kappa shape index (κ2) is 9.67. The molecular weight excluding hydrogens is 431 g/mol. The average molecular weight is 459 g/mol. The van der Waals surface area contributed by atoms with Gasteiger partial charge in [0.1, 0.15) is 5.82 Å². The highest BCUT2D eigenvalue weighted by Crippen LogP contribution is 2.38. The van der Waals surface area contributed by atoms with Crippen LogP contribution >= 0.6 is 24.0 Å². The number of aryl methyl sites for hydroxylation is 1. The Labute approximate surface area is 191 Å². The number of aliphatic carboxylic acids is 1. The van der Waals surface area contributed by atoms with Crippen molar-refractivity contribution in [3.05, 3.63) is 64.2 Å². The van der Waals surface area contributed by atoms with Crippen LogP contribution in [0.3, 0.4) is 0 Å². The molecule has 1 aromatic carbocycles. The van der Waals surface area contributed by atoms with E-state index in [2.05, 4.69) is 21.3 Å². The Hall–Kier alpha value is -1.96. The summed E-state index contributed by atoms with van der Waals surface area (Å²) in [6.07, 6.45) is 4.22. The number of carbonyl (C=O) groups is 1. The number of hydrogen-bond acceptors (Lipinski definition) is 5. The van der Waals surface area contributed by atoms with Crippen LogP contribution in [0.2, 0.25) is 0 Å². The zero-order valence-electron chi connectivity index (χ0n) is 17.3. The monoisotopic (exact) mass is 458 g/mol. The highest BCUT2D eigenvalue weighted by Gasteiger charge is 2.41. The highest BCUT2D eigenvalue weighted by atomic mass is 32.1. The third-order valence-corrected chi connectivity index (χ3v) is 8.09. The first-order valence-corrected chi connectivity index (χ1v) is 12.1. The maximum Gasteiger partial charge on any atom is 0.309 e. The normalized spacial score (nSPS) is 17.6. The topological polar surface area (TPSA) is 53.4 Å². The minimum absolute atomic E-state index is 0.153. The number of pyridine rings is 1. The van der Waals surface area contributed by atoms with Gasteiger partial charge < -0.3 is 10.0 Å². The van der Waals surface area contributed by atoms with Crippen LogP contribution in [0.1, 0.15) is 41.4 Å². The largest absolute Gasteiger partial charge is 0.481 e. The van der Waals surface area contributed by atoms with Gasteiger partial charge >= 0.3 is 5.97 Å². The van der Waals surface area contributed by atoms with E-state index in [1.807, 2.05) is 30.3 Å². The number of piperidine rings is 1. The molecule has 4 nitrogen and oxygen atoms in total. The van der Waals surface area contributed by atoms with Gasteiger partial charge in [-0.2, -0.15) is 12.6 Å². The summed E-state index contributed by atoms with van der Waals surface area (Å²) in [5.41, 5.74) is 0.676. The number of benzene rings is 1. The number of aromatic nitrogens is 1. The van der Waals surface area contributed by atoms with E-state index in [1.54, 1.807) is 11.3 Å². The van der Waals surface area contributed by atoms with Crippen molar-refractivity contribution in [3.8, 4) is 0 Å². The molecule has 0 spiro atoms. The number of fused-ring (bicyclic) bond motifs is 1. The third kappa shape index (κ3) is 4.94. The van der Waals surface area contributed by atoms with Crippen LogP contribution in [-0.2, 0) is 11.2 Å². The molecule has 0 amide bonds. The fourth-order valence-electron chi connectivity index (χ4n) is 4.58. The van der Waals surface area contributed by atoms with Gasteiger partial charge in [-0.1, -0.05) is 24.3 Å². The van der Waals surface area contributed by atoms with Crippen LogP contribution in [0.4, 0.5) is 4.39 Å². The Morgan fingerprint density at radius 2 is 2.03 bits per heavy atom. The lowest BCUT2D eigenvalue weighted by atomic mass is 9.74. The van der Waals surface area contributed by atoms with Crippen LogP contribution in [0.15, 0.2) is 48.0 Å². The van der Waals surface area contributed by atoms with Gasteiger partial charge in [0.2, 0.25) is 0 Å². The maximum absolute atomic E-state index is 14.4. The molecule has 31 heavy (non-hydrogen) atoms. The number of hydrogen-bond donors (Lipinski definition) is 2. The summed E-state index contributed by atoms with van der Waals surface area (Å²) < 4.78 is 14.4. The lowest BCUT2D eigenvalue weighted by Gasteiger charge is -2.39. The van der Waals surface area contributed by atoms with E-state index in [9.17, 15) is 14.3 Å². The number of thiol groups is 1. The van der Waals surface area contributed by atoms with Crippen molar-refractivity contribution in [2.75, 3.05) is 19.6 Å². The Kier molecular flexibility index (Phi) is 6.94. The van der Waals surface area contributed by atoms with Gasteiger partial charge in [0.05, 0.1) is 17.1 Å². The molecule has 7 heteroatoms. The summed E-state index contributed by atoms with van der Waals surface area (Å²) in [6.45, 7) is 2.33. The molecule has 1 aliphatic rings. The second-order valence-electron chi connectivity index (χ2n) is 8.37. The van der Waals surface area contributed by atoms with Crippen molar-refractivity contribution in [2.24, 2.45) is 5.41 Å². The molecule has 1 aliphatic heterocycles. The number of para-hydroxylation sites is 1. The first-order valence-electron chi connectivity index (χ1n) is 10.7. The molecule has 1 unspecified atom stereocenters. The number of thiophene rings is 1. The summed E-state index contributed by atoms with van der Waals surface area (Å²) in [7, 11) is 0. The number of carboxylic acids is 1. The van der Waals surface area contributed by atoms with Gasteiger partial charge in [-0.25, -0.2) is 4.39 Å². The van der Waals surface area contributed by atoms with E-state index in [4.69, 9.17) is 12.6 Å². The Morgan fingerprint density at radius 3 is 2.74 bits per heavy atom. The fourth-order valence-corrected chi connectivity index (χ4v) is 5.78. The Morgan fingerprint density at radius 1 is 1.26 bits per heavy atom. The zero-order valence-corrected chi connectivity index (χ0v) is 19.0. The molecule has 2 aromatic heterocycles. The van der Waals surface area contributed by atoms with Crippen molar-refractivity contribution in [3.63, 3.8) is 0 Å². The molecule has 3 heterocycles. The fraction of sp³-hybridized carbons (Fsp3) is 0.417. The molecule has 4 rings (SSSR count). The molecule has 0 bridgehead atoms. The first-order chi connectivity index (χ1) is 15.0. The summed E-state index contributed by atoms with van der Waals surface area (Å²) in [4.78, 5) is 19.9. The molecule has 0 saturated carbocycles. The van der Waals surface area contributed by atoms with E-state index in [0.717, 1.165) is 30.5 Å². The number of carboxylic acid groups (broad SMARTS) is 1. The summed E-state index contributed by atoms with van der Waals surface area (Å²) in [5, 5.41) is 13.0. The molecule has 0 radical (unpaired) electrons. The van der Waals surface area contributed by atoms with Crippen LogP contribution in [0, 0.1) is 11.2 Å². The van der Waals surface area contributed by atoms with Gasteiger partial charge in [0.15, 0.2) is 0 Å². The van der Waals surface area contributed by atoms with Crippen LogP contribution in [-0.4, -0.2) is 40.6 Å². The van der Waals surface area contributed by atoms with E-state index in [0.29, 0.717) is 37.7 Å². The standard InChI is InChI=1S/C24H27FN2O2S2/c25-19-15-26-20-7-2-1-5-18(20)17(19)6-3-9-24(23(28)29)10-12-27(13-11-24)16-21(30)22-8-4-14-31-22/h1-2,4-5,7-8,14-15,21,30H,3,6,9-13,16H2,(H,28,29). The summed E-state index contributed by atoms with van der Waals surface area (Å²) in [5.74, 6) is -1.04. The number of likely N-dealkylation sites (tertiary alicyclic amines) is 1. The maximum atomic E-state index is 14.4. The van der Waals surface area contributed by atoms with Crippen LogP contribution in [0.5, 0.6) is 0 Å². The molecule has 1 atom stereocenters. The predicted octanol–water partition coefficient (Wildman–Crippen LogP) is 5.60. The van der Waals surface area contributed by atoms with Gasteiger partial charge in [-0.05, 0) is 68.3 Å². The van der Waals surface area contributed by atoms with E-state index in [-0.39, 0.29) is 11.1 Å². The van der Waals surface area contributed by atoms with Crippen LogP contribution in [0.25, 0.3) is 10.9 Å². The molecule has 1 N–H and O–H groups in total. The van der Waals surface area contributed by atoms with Gasteiger partial charge in [0, 0.05) is 22.1 Å². The Bertz CT molecular complexity index is 1030. The van der Waals surface area contributed by atoms with Crippen molar-refractivity contribution < 1.29 is 14.3 Å². The number of rotatable bonds is 8. The van der Waals surface area contributed by atoms with Gasteiger partial charge in [-0.3, -0.25) is 9.78 Å². The average Bonchev–Trinajstić information content (AvgIpc) is 3.31. The van der Waals surface area contributed by atoms with Gasteiger partial charge in [-0.15, -0.1) is 11.3 Å². The lowest BCUT2D eigenvalue weighted by molar-refractivity contribution is -0.152. The third-order valence-electron chi connectivity index (χ3n) is 6.49. The Balaban J connectivity index is 1.37. The lowest BCUT2D eigenvalue weighted by Crippen LogP contribution is -2.45. The minimum Gasteiger partial charge on any atom is -0.481 e. The molecular formula is C24H27FN2O2S2. The smallest absolute Gasteiger partial charge is 0.309 e. The number of nitrogens with zero attached hydrogens (tertiary/aromatic N) is 2. The summed E-state index contributed by atoms with van der Waals surface area (Å²) >= 11 is 6.43. The molecule has 164 valence electrons. The quantitative estimate of drug-likeness (QED) is 0.432. The van der Waals surface area contributed by atoms with Crippen molar-refractivity contribution >= 4 is 40.8 Å². The van der Waals surface area contributed by atoms with E-state index in [1.165, 1.54) is 11.1 Å². The van der Waals surface area contributed by atoms with Gasteiger partial charge in [0.25, 0.3) is 0 Å². The van der Waals surface area contributed by atoms with E-state index < -0.39 is 11.4 Å². The number of halogens is 1. The predicted molar refractivity (Wildman–Crippen MR) is 126 cm³/mol. The van der Waals surface area contributed by atoms with Crippen molar-refractivity contribution in [1.82, 2.24) is 9.88 Å². The summed E-state index contributed by atoms with van der Waals surface area (Å²) in [6, 6.07) is 11.6. The highest BCUT2D eigenvalue weighted by molar-refractivity contribution is 7.80. The van der Waals surface area contributed by atoms with Crippen LogP contribution < -0.4 is 0 Å². The van der Waals surface area contributed by atoms with E-state index >= 15 is 0 Å². The molecule has 1 saturated heterocycles. The minimum atomic E-state index is -0.731. The first kappa shape index (κ1) is 22.2.